The molecule has 0 saturated carbocycles. The smallest absolute Gasteiger partial charge is 0.0487 e. The van der Waals surface area contributed by atoms with Crippen LogP contribution in [0.2, 0.25) is 0 Å². The fourth-order valence-electron chi connectivity index (χ4n) is 2.22. The predicted octanol–water partition coefficient (Wildman–Crippen LogP) is 4.11. The van der Waals surface area contributed by atoms with Crippen LogP contribution in [0.5, 0.6) is 0 Å². The van der Waals surface area contributed by atoms with Crippen LogP contribution < -0.4 is 5.32 Å². The van der Waals surface area contributed by atoms with Gasteiger partial charge >= 0.3 is 0 Å². The Labute approximate surface area is 120 Å². The van der Waals surface area contributed by atoms with E-state index < -0.39 is 0 Å². The number of benzene rings is 1. The fraction of sp³-hybridized carbons (Fsp3) is 0.538. The van der Waals surface area contributed by atoms with Gasteiger partial charge in [0.25, 0.3) is 0 Å². The summed E-state index contributed by atoms with van der Waals surface area (Å²) in [6.07, 6.45) is 2.46. The quantitative estimate of drug-likeness (QED) is 0.871. The van der Waals surface area contributed by atoms with E-state index in [2.05, 4.69) is 67.2 Å². The maximum atomic E-state index is 3.63. The molecular weight excluding hydrogens is 344 g/mol. The van der Waals surface area contributed by atoms with Crippen LogP contribution in [0.15, 0.2) is 27.1 Å². The van der Waals surface area contributed by atoms with Gasteiger partial charge in [-0.25, -0.2) is 0 Å². The summed E-state index contributed by atoms with van der Waals surface area (Å²) in [4.78, 5) is 2.51. The standard InChI is InChI=1S/C13H18Br2N2/c1-2-17-7-5-11(6-8-17)16-13-4-3-10(14)9-12(13)15/h3-4,9,11,16H,2,5-8H2,1H3. The van der Waals surface area contributed by atoms with Crippen molar-refractivity contribution in [1.82, 2.24) is 4.90 Å². The van der Waals surface area contributed by atoms with Crippen molar-refractivity contribution in [2.75, 3.05) is 25.0 Å². The Morgan fingerprint density at radius 3 is 2.59 bits per heavy atom. The first-order valence-corrected chi connectivity index (χ1v) is 7.71. The van der Waals surface area contributed by atoms with Crippen molar-refractivity contribution in [3.05, 3.63) is 27.1 Å². The summed E-state index contributed by atoms with van der Waals surface area (Å²) >= 11 is 7.07. The molecule has 0 amide bonds. The maximum absolute atomic E-state index is 3.63. The number of hydrogen-bond acceptors (Lipinski definition) is 2. The molecule has 1 fully saturated rings. The normalized spacial score (nSPS) is 18.3. The lowest BCUT2D eigenvalue weighted by molar-refractivity contribution is 0.229. The second-order valence-corrected chi connectivity index (χ2v) is 6.25. The summed E-state index contributed by atoms with van der Waals surface area (Å²) in [6, 6.07) is 6.90. The number of likely N-dealkylation sites (tertiary alicyclic amines) is 1. The van der Waals surface area contributed by atoms with Crippen molar-refractivity contribution in [3.63, 3.8) is 0 Å². The van der Waals surface area contributed by atoms with Gasteiger partial charge in [0.1, 0.15) is 0 Å². The number of halogens is 2. The van der Waals surface area contributed by atoms with Gasteiger partial charge in [-0.15, -0.1) is 0 Å². The van der Waals surface area contributed by atoms with Crippen LogP contribution in [-0.4, -0.2) is 30.6 Å². The van der Waals surface area contributed by atoms with Crippen molar-refractivity contribution in [2.24, 2.45) is 0 Å². The van der Waals surface area contributed by atoms with Crippen LogP contribution >= 0.6 is 31.9 Å². The van der Waals surface area contributed by atoms with Gasteiger partial charge in [0.05, 0.1) is 0 Å². The number of hydrogen-bond donors (Lipinski definition) is 1. The first-order chi connectivity index (χ1) is 8.19. The van der Waals surface area contributed by atoms with E-state index in [9.17, 15) is 0 Å². The zero-order chi connectivity index (χ0) is 12.3. The monoisotopic (exact) mass is 360 g/mol. The third-order valence-electron chi connectivity index (χ3n) is 3.33. The van der Waals surface area contributed by atoms with Gasteiger partial charge in [-0.05, 0) is 53.5 Å². The van der Waals surface area contributed by atoms with Crippen LogP contribution in [0.4, 0.5) is 5.69 Å². The second-order valence-electron chi connectivity index (χ2n) is 4.48. The van der Waals surface area contributed by atoms with Gasteiger partial charge in [-0.1, -0.05) is 22.9 Å². The van der Waals surface area contributed by atoms with Gasteiger partial charge in [-0.2, -0.15) is 0 Å². The molecule has 0 unspecified atom stereocenters. The zero-order valence-electron chi connectivity index (χ0n) is 10.0. The third kappa shape index (κ3) is 3.70. The average molecular weight is 362 g/mol. The van der Waals surface area contributed by atoms with E-state index >= 15 is 0 Å². The van der Waals surface area contributed by atoms with Gasteiger partial charge in [0, 0.05) is 33.8 Å². The Hall–Kier alpha value is -0.0600. The fourth-order valence-corrected chi connectivity index (χ4v) is 3.38. The summed E-state index contributed by atoms with van der Waals surface area (Å²) in [6.45, 7) is 5.83. The minimum absolute atomic E-state index is 0.607. The summed E-state index contributed by atoms with van der Waals surface area (Å²) in [5.41, 5.74) is 1.20. The maximum Gasteiger partial charge on any atom is 0.0487 e. The highest BCUT2D eigenvalue weighted by Crippen LogP contribution is 2.28. The van der Waals surface area contributed by atoms with Gasteiger partial charge in [0.2, 0.25) is 0 Å². The highest BCUT2D eigenvalue weighted by molar-refractivity contribution is 9.11. The van der Waals surface area contributed by atoms with Crippen LogP contribution in [0.3, 0.4) is 0 Å². The summed E-state index contributed by atoms with van der Waals surface area (Å²) in [5, 5.41) is 3.63. The van der Waals surface area contributed by atoms with Crippen molar-refractivity contribution in [1.29, 1.82) is 0 Å². The molecule has 1 saturated heterocycles. The first-order valence-electron chi connectivity index (χ1n) is 6.13. The molecular formula is C13H18Br2N2. The minimum atomic E-state index is 0.607. The molecule has 17 heavy (non-hydrogen) atoms. The largest absolute Gasteiger partial charge is 0.381 e. The SMILES string of the molecule is CCN1CCC(Nc2ccc(Br)cc2Br)CC1. The number of piperidine rings is 1. The van der Waals surface area contributed by atoms with E-state index in [0.717, 1.165) is 8.95 Å². The summed E-state index contributed by atoms with van der Waals surface area (Å²) in [5.74, 6) is 0. The van der Waals surface area contributed by atoms with E-state index in [1.165, 1.54) is 38.2 Å². The molecule has 0 bridgehead atoms. The van der Waals surface area contributed by atoms with Gasteiger partial charge < -0.3 is 10.2 Å². The average Bonchev–Trinajstić information content (AvgIpc) is 2.34. The molecule has 2 nitrogen and oxygen atoms in total. The van der Waals surface area contributed by atoms with Crippen LogP contribution in [-0.2, 0) is 0 Å². The molecule has 0 atom stereocenters. The topological polar surface area (TPSA) is 15.3 Å². The van der Waals surface area contributed by atoms with E-state index in [-0.39, 0.29) is 0 Å². The van der Waals surface area contributed by atoms with E-state index in [4.69, 9.17) is 0 Å². The van der Waals surface area contributed by atoms with Crippen molar-refractivity contribution >= 4 is 37.5 Å². The molecule has 1 N–H and O–H groups in total. The third-order valence-corrected chi connectivity index (χ3v) is 4.47. The molecule has 1 heterocycles. The number of nitrogens with one attached hydrogen (secondary N) is 1. The minimum Gasteiger partial charge on any atom is -0.381 e. The number of rotatable bonds is 3. The molecule has 1 aliphatic rings. The molecule has 1 aromatic rings. The Balaban J connectivity index is 1.93. The lowest BCUT2D eigenvalue weighted by Gasteiger charge is -2.32. The zero-order valence-corrected chi connectivity index (χ0v) is 13.2. The molecule has 2 rings (SSSR count). The van der Waals surface area contributed by atoms with E-state index in [0.29, 0.717) is 6.04 Å². The lowest BCUT2D eigenvalue weighted by Crippen LogP contribution is -2.38. The highest BCUT2D eigenvalue weighted by atomic mass is 79.9. The summed E-state index contributed by atoms with van der Waals surface area (Å²) < 4.78 is 2.24. The molecule has 1 aliphatic heterocycles. The molecule has 0 aliphatic carbocycles. The Bertz CT molecular complexity index is 374. The van der Waals surface area contributed by atoms with Crippen LogP contribution in [0, 0.1) is 0 Å². The van der Waals surface area contributed by atoms with E-state index in [1.807, 2.05) is 0 Å². The van der Waals surface area contributed by atoms with Crippen LogP contribution in [0.1, 0.15) is 19.8 Å². The Kier molecular flexibility index (Phi) is 4.88. The predicted molar refractivity (Wildman–Crippen MR) is 80.6 cm³/mol. The first kappa shape index (κ1) is 13.4. The van der Waals surface area contributed by atoms with Crippen molar-refractivity contribution in [3.8, 4) is 0 Å². The Morgan fingerprint density at radius 1 is 1.29 bits per heavy atom. The van der Waals surface area contributed by atoms with Gasteiger partial charge in [-0.3, -0.25) is 0 Å². The van der Waals surface area contributed by atoms with E-state index in [1.54, 1.807) is 0 Å². The molecule has 0 aromatic heterocycles. The Morgan fingerprint density at radius 2 is 2.00 bits per heavy atom. The highest BCUT2D eigenvalue weighted by Gasteiger charge is 2.18. The van der Waals surface area contributed by atoms with Crippen molar-refractivity contribution < 1.29 is 0 Å². The lowest BCUT2D eigenvalue weighted by atomic mass is 10.0. The number of anilines is 1. The molecule has 94 valence electrons. The van der Waals surface area contributed by atoms with Crippen molar-refractivity contribution in [2.45, 2.75) is 25.8 Å². The molecule has 0 radical (unpaired) electrons. The molecule has 0 spiro atoms. The van der Waals surface area contributed by atoms with Gasteiger partial charge in [0.15, 0.2) is 0 Å². The molecule has 4 heteroatoms. The second kappa shape index (κ2) is 6.21. The summed E-state index contributed by atoms with van der Waals surface area (Å²) in [7, 11) is 0. The van der Waals surface area contributed by atoms with Crippen LogP contribution in [0.25, 0.3) is 0 Å². The number of nitrogens with zero attached hydrogens (tertiary/aromatic N) is 1. The molecule has 1 aromatic carbocycles.